The van der Waals surface area contributed by atoms with Crippen LogP contribution in [0.3, 0.4) is 0 Å². The van der Waals surface area contributed by atoms with Gasteiger partial charge in [-0.1, -0.05) is 12.8 Å². The number of hydrogen-bond acceptors (Lipinski definition) is 2. The molecule has 2 heteroatoms. The first-order chi connectivity index (χ1) is 6.92. The van der Waals surface area contributed by atoms with Gasteiger partial charge in [0.2, 0.25) is 0 Å². The Bertz CT molecular complexity index is 164. The van der Waals surface area contributed by atoms with Crippen LogP contribution in [0.4, 0.5) is 0 Å². The first-order valence-corrected chi connectivity index (χ1v) is 6.15. The summed E-state index contributed by atoms with van der Waals surface area (Å²) in [7, 11) is 1.88. The van der Waals surface area contributed by atoms with E-state index < -0.39 is 0 Å². The number of ether oxygens (including phenoxy) is 1. The Balaban J connectivity index is 1.91. The third kappa shape index (κ3) is 2.29. The Labute approximate surface area is 87.4 Å². The van der Waals surface area contributed by atoms with Crippen molar-refractivity contribution in [2.75, 3.05) is 20.2 Å². The van der Waals surface area contributed by atoms with E-state index >= 15 is 0 Å². The van der Waals surface area contributed by atoms with Gasteiger partial charge in [-0.25, -0.2) is 0 Å². The second kappa shape index (κ2) is 5.13. The fourth-order valence-electron chi connectivity index (χ4n) is 3.20. The normalized spacial score (nSPS) is 39.6. The maximum absolute atomic E-state index is 5.59. The molecular weight excluding hydrogens is 174 g/mol. The van der Waals surface area contributed by atoms with Crippen LogP contribution in [0.1, 0.15) is 38.5 Å². The monoisotopic (exact) mass is 197 g/mol. The van der Waals surface area contributed by atoms with Crippen LogP contribution in [0.5, 0.6) is 0 Å². The molecule has 0 bridgehead atoms. The summed E-state index contributed by atoms with van der Waals surface area (Å²) in [4.78, 5) is 0. The molecule has 0 aromatic heterocycles. The Kier molecular flexibility index (Phi) is 3.82. The minimum atomic E-state index is 0.555. The van der Waals surface area contributed by atoms with Gasteiger partial charge in [0.1, 0.15) is 0 Å². The van der Waals surface area contributed by atoms with Crippen molar-refractivity contribution < 1.29 is 4.74 Å². The first kappa shape index (κ1) is 10.4. The van der Waals surface area contributed by atoms with E-state index in [2.05, 4.69) is 5.32 Å². The van der Waals surface area contributed by atoms with Crippen molar-refractivity contribution in [3.05, 3.63) is 0 Å². The molecule has 2 rings (SSSR count). The molecule has 2 fully saturated rings. The molecule has 1 heterocycles. The predicted molar refractivity (Wildman–Crippen MR) is 58.3 cm³/mol. The number of methoxy groups -OCH3 is 1. The van der Waals surface area contributed by atoms with Gasteiger partial charge in [0.15, 0.2) is 0 Å². The highest BCUT2D eigenvalue weighted by Crippen LogP contribution is 2.36. The second-order valence-corrected chi connectivity index (χ2v) is 4.83. The molecule has 0 aromatic carbocycles. The van der Waals surface area contributed by atoms with Crippen molar-refractivity contribution in [2.45, 2.75) is 44.6 Å². The molecule has 1 aliphatic carbocycles. The zero-order valence-corrected chi connectivity index (χ0v) is 9.30. The molecule has 0 amide bonds. The quantitative estimate of drug-likeness (QED) is 0.732. The van der Waals surface area contributed by atoms with Crippen molar-refractivity contribution in [3.8, 4) is 0 Å². The molecule has 0 aromatic rings. The molecule has 0 spiro atoms. The molecule has 1 saturated carbocycles. The highest BCUT2D eigenvalue weighted by Gasteiger charge is 2.33. The molecule has 3 unspecified atom stereocenters. The van der Waals surface area contributed by atoms with E-state index in [-0.39, 0.29) is 0 Å². The minimum absolute atomic E-state index is 0.555. The smallest absolute Gasteiger partial charge is 0.0602 e. The standard InChI is InChI=1S/C12H23NO/c1-14-12-7-4-6-11(12)10-5-2-3-8-13-9-10/h10-13H,2-9H2,1H3. The van der Waals surface area contributed by atoms with Gasteiger partial charge in [0.05, 0.1) is 6.10 Å². The number of hydrogen-bond donors (Lipinski definition) is 1. The zero-order chi connectivity index (χ0) is 9.80. The van der Waals surface area contributed by atoms with Gasteiger partial charge >= 0.3 is 0 Å². The molecule has 1 aliphatic heterocycles. The van der Waals surface area contributed by atoms with Crippen molar-refractivity contribution in [3.63, 3.8) is 0 Å². The molecule has 0 radical (unpaired) electrons. The largest absolute Gasteiger partial charge is 0.381 e. The Morgan fingerprint density at radius 2 is 2.00 bits per heavy atom. The van der Waals surface area contributed by atoms with E-state index in [1.807, 2.05) is 7.11 Å². The SMILES string of the molecule is COC1CCCC1C1CCCCNC1. The van der Waals surface area contributed by atoms with Crippen molar-refractivity contribution in [1.82, 2.24) is 5.32 Å². The molecular formula is C12H23NO. The summed E-state index contributed by atoms with van der Waals surface area (Å²) in [5.74, 6) is 1.72. The molecule has 1 N–H and O–H groups in total. The molecule has 1 saturated heterocycles. The lowest BCUT2D eigenvalue weighted by Gasteiger charge is -2.26. The molecule has 2 nitrogen and oxygen atoms in total. The second-order valence-electron chi connectivity index (χ2n) is 4.83. The fourth-order valence-corrected chi connectivity index (χ4v) is 3.20. The molecule has 2 aliphatic rings. The van der Waals surface area contributed by atoms with E-state index in [9.17, 15) is 0 Å². The summed E-state index contributed by atoms with van der Waals surface area (Å²) < 4.78 is 5.59. The van der Waals surface area contributed by atoms with Crippen molar-refractivity contribution >= 4 is 0 Å². The van der Waals surface area contributed by atoms with Crippen molar-refractivity contribution in [2.24, 2.45) is 11.8 Å². The van der Waals surface area contributed by atoms with E-state index in [0.717, 1.165) is 11.8 Å². The van der Waals surface area contributed by atoms with Crippen LogP contribution in [0.25, 0.3) is 0 Å². The van der Waals surface area contributed by atoms with Gasteiger partial charge < -0.3 is 10.1 Å². The third-order valence-corrected chi connectivity index (χ3v) is 4.00. The van der Waals surface area contributed by atoms with Crippen molar-refractivity contribution in [1.29, 1.82) is 0 Å². The van der Waals surface area contributed by atoms with Crippen LogP contribution in [0, 0.1) is 11.8 Å². The number of nitrogens with one attached hydrogen (secondary N) is 1. The highest BCUT2D eigenvalue weighted by molar-refractivity contribution is 4.85. The molecule has 82 valence electrons. The van der Waals surface area contributed by atoms with Gasteiger partial charge in [-0.15, -0.1) is 0 Å². The lowest BCUT2D eigenvalue weighted by molar-refractivity contribution is 0.0463. The van der Waals surface area contributed by atoms with E-state index in [1.165, 1.54) is 51.6 Å². The van der Waals surface area contributed by atoms with Gasteiger partial charge in [0, 0.05) is 7.11 Å². The maximum Gasteiger partial charge on any atom is 0.0602 e. The molecule has 14 heavy (non-hydrogen) atoms. The molecule has 3 atom stereocenters. The van der Waals surface area contributed by atoms with Crippen LogP contribution >= 0.6 is 0 Å². The predicted octanol–water partition coefficient (Wildman–Crippen LogP) is 2.19. The van der Waals surface area contributed by atoms with Crippen LogP contribution in [-0.2, 0) is 4.74 Å². The average Bonchev–Trinajstić information content (AvgIpc) is 2.52. The summed E-state index contributed by atoms with van der Waals surface area (Å²) in [5.41, 5.74) is 0. The summed E-state index contributed by atoms with van der Waals surface area (Å²) in [5, 5.41) is 3.56. The Hall–Kier alpha value is -0.0800. The van der Waals surface area contributed by atoms with Crippen LogP contribution in [0.15, 0.2) is 0 Å². The highest BCUT2D eigenvalue weighted by atomic mass is 16.5. The minimum Gasteiger partial charge on any atom is -0.381 e. The first-order valence-electron chi connectivity index (χ1n) is 6.15. The van der Waals surface area contributed by atoms with E-state index in [0.29, 0.717) is 6.10 Å². The van der Waals surface area contributed by atoms with E-state index in [4.69, 9.17) is 4.74 Å². The van der Waals surface area contributed by atoms with Gasteiger partial charge in [-0.05, 0) is 50.6 Å². The summed E-state index contributed by atoms with van der Waals surface area (Å²) in [6.07, 6.45) is 8.80. The Morgan fingerprint density at radius 1 is 1.07 bits per heavy atom. The fraction of sp³-hybridized carbons (Fsp3) is 1.00. The summed E-state index contributed by atoms with van der Waals surface area (Å²) >= 11 is 0. The topological polar surface area (TPSA) is 21.3 Å². The van der Waals surface area contributed by atoms with Crippen LogP contribution in [0.2, 0.25) is 0 Å². The van der Waals surface area contributed by atoms with E-state index in [1.54, 1.807) is 0 Å². The summed E-state index contributed by atoms with van der Waals surface area (Å²) in [6.45, 7) is 2.45. The lowest BCUT2D eigenvalue weighted by Crippen LogP contribution is -2.31. The van der Waals surface area contributed by atoms with Crippen LogP contribution in [-0.4, -0.2) is 26.3 Å². The summed E-state index contributed by atoms with van der Waals surface area (Å²) in [6, 6.07) is 0. The maximum atomic E-state index is 5.59. The lowest BCUT2D eigenvalue weighted by atomic mass is 9.86. The van der Waals surface area contributed by atoms with Gasteiger partial charge in [-0.2, -0.15) is 0 Å². The third-order valence-electron chi connectivity index (χ3n) is 4.00. The Morgan fingerprint density at radius 3 is 2.86 bits per heavy atom. The number of rotatable bonds is 2. The van der Waals surface area contributed by atoms with Crippen LogP contribution < -0.4 is 5.32 Å². The zero-order valence-electron chi connectivity index (χ0n) is 9.30. The van der Waals surface area contributed by atoms with Gasteiger partial charge in [0.25, 0.3) is 0 Å². The average molecular weight is 197 g/mol. The van der Waals surface area contributed by atoms with Gasteiger partial charge in [-0.3, -0.25) is 0 Å².